The second-order valence-corrected chi connectivity index (χ2v) is 4.65. The van der Waals surface area contributed by atoms with E-state index >= 15 is 0 Å². The number of benzene rings is 1. The average molecular weight is 247 g/mol. The zero-order chi connectivity index (χ0) is 12.4. The number of hydrogen-bond donors (Lipinski definition) is 1. The van der Waals surface area contributed by atoms with Gasteiger partial charge in [-0.25, -0.2) is 0 Å². The van der Waals surface area contributed by atoms with Crippen LogP contribution in [0.3, 0.4) is 0 Å². The number of nitrogens with zero attached hydrogens (tertiary/aromatic N) is 1. The lowest BCUT2D eigenvalue weighted by molar-refractivity contribution is 0.844. The predicted molar refractivity (Wildman–Crippen MR) is 71.2 cm³/mol. The molecule has 88 valence electrons. The van der Waals surface area contributed by atoms with Crippen molar-refractivity contribution >= 4 is 11.6 Å². The van der Waals surface area contributed by atoms with Crippen LogP contribution in [0, 0.1) is 13.8 Å². The van der Waals surface area contributed by atoms with E-state index in [0.717, 1.165) is 22.3 Å². The van der Waals surface area contributed by atoms with Gasteiger partial charge in [-0.05, 0) is 54.3 Å². The summed E-state index contributed by atoms with van der Waals surface area (Å²) < 4.78 is 0. The highest BCUT2D eigenvalue weighted by Gasteiger charge is 2.14. The highest BCUT2D eigenvalue weighted by atomic mass is 35.5. The molecule has 2 rings (SSSR count). The SMILES string of the molecule is Cc1ccncc1C(N)c1cc(Cl)ccc1C. The molecule has 3 heteroatoms. The van der Waals surface area contributed by atoms with Crippen LogP contribution in [0.4, 0.5) is 0 Å². The van der Waals surface area contributed by atoms with Crippen molar-refractivity contribution in [3.05, 3.63) is 63.9 Å². The van der Waals surface area contributed by atoms with Crippen molar-refractivity contribution < 1.29 is 0 Å². The van der Waals surface area contributed by atoms with E-state index in [2.05, 4.69) is 4.98 Å². The van der Waals surface area contributed by atoms with Crippen LogP contribution < -0.4 is 5.73 Å². The lowest BCUT2D eigenvalue weighted by Crippen LogP contribution is -2.14. The molecule has 0 amide bonds. The Hall–Kier alpha value is -1.38. The van der Waals surface area contributed by atoms with E-state index in [4.69, 9.17) is 17.3 Å². The van der Waals surface area contributed by atoms with Gasteiger partial charge in [-0.1, -0.05) is 17.7 Å². The summed E-state index contributed by atoms with van der Waals surface area (Å²) >= 11 is 6.02. The van der Waals surface area contributed by atoms with Gasteiger partial charge in [0.05, 0.1) is 6.04 Å². The van der Waals surface area contributed by atoms with E-state index in [0.29, 0.717) is 5.02 Å². The Balaban J connectivity index is 2.47. The molecule has 0 fully saturated rings. The van der Waals surface area contributed by atoms with Crippen molar-refractivity contribution in [3.8, 4) is 0 Å². The molecule has 1 aromatic carbocycles. The molecule has 0 aliphatic carbocycles. The van der Waals surface area contributed by atoms with E-state index in [1.807, 2.05) is 44.3 Å². The molecule has 0 saturated carbocycles. The van der Waals surface area contributed by atoms with Gasteiger partial charge in [0, 0.05) is 17.4 Å². The molecule has 2 aromatic rings. The van der Waals surface area contributed by atoms with Crippen LogP contribution in [0.1, 0.15) is 28.3 Å². The van der Waals surface area contributed by atoms with E-state index in [1.54, 1.807) is 6.20 Å². The van der Waals surface area contributed by atoms with Crippen LogP contribution in [0.2, 0.25) is 5.02 Å². The second kappa shape index (κ2) is 4.86. The van der Waals surface area contributed by atoms with Crippen LogP contribution in [-0.4, -0.2) is 4.98 Å². The molecule has 1 aromatic heterocycles. The average Bonchev–Trinajstić information content (AvgIpc) is 2.32. The quantitative estimate of drug-likeness (QED) is 0.882. The van der Waals surface area contributed by atoms with Crippen molar-refractivity contribution in [1.29, 1.82) is 0 Å². The highest BCUT2D eigenvalue weighted by Crippen LogP contribution is 2.26. The largest absolute Gasteiger partial charge is 0.320 e. The molecule has 1 unspecified atom stereocenters. The maximum absolute atomic E-state index is 6.29. The molecule has 1 heterocycles. The molecular weight excluding hydrogens is 232 g/mol. The zero-order valence-corrected chi connectivity index (χ0v) is 10.7. The number of pyridine rings is 1. The van der Waals surface area contributed by atoms with E-state index < -0.39 is 0 Å². The molecule has 0 spiro atoms. The summed E-state index contributed by atoms with van der Waals surface area (Å²) in [6, 6.07) is 7.58. The number of aromatic nitrogens is 1. The van der Waals surface area contributed by atoms with Crippen molar-refractivity contribution in [1.82, 2.24) is 4.98 Å². The van der Waals surface area contributed by atoms with Gasteiger partial charge in [0.15, 0.2) is 0 Å². The number of aryl methyl sites for hydroxylation is 2. The third kappa shape index (κ3) is 2.48. The fourth-order valence-electron chi connectivity index (χ4n) is 1.92. The molecule has 17 heavy (non-hydrogen) atoms. The summed E-state index contributed by atoms with van der Waals surface area (Å²) in [5, 5.41) is 0.711. The lowest BCUT2D eigenvalue weighted by Gasteiger charge is -2.17. The Bertz CT molecular complexity index is 537. The van der Waals surface area contributed by atoms with Crippen molar-refractivity contribution in [2.45, 2.75) is 19.9 Å². The predicted octanol–water partition coefficient (Wildman–Crippen LogP) is 3.40. The minimum Gasteiger partial charge on any atom is -0.320 e. The van der Waals surface area contributed by atoms with Gasteiger partial charge in [0.25, 0.3) is 0 Å². The summed E-state index contributed by atoms with van der Waals surface area (Å²) in [7, 11) is 0. The molecule has 2 nitrogen and oxygen atoms in total. The zero-order valence-electron chi connectivity index (χ0n) is 9.94. The van der Waals surface area contributed by atoms with Crippen LogP contribution in [-0.2, 0) is 0 Å². The Morgan fingerprint density at radius 3 is 2.53 bits per heavy atom. The van der Waals surface area contributed by atoms with Crippen molar-refractivity contribution in [2.75, 3.05) is 0 Å². The second-order valence-electron chi connectivity index (χ2n) is 4.21. The summed E-state index contributed by atoms with van der Waals surface area (Å²) in [4.78, 5) is 4.13. The number of hydrogen-bond acceptors (Lipinski definition) is 2. The summed E-state index contributed by atoms with van der Waals surface area (Å²) in [6.07, 6.45) is 3.59. The van der Waals surface area contributed by atoms with E-state index in [-0.39, 0.29) is 6.04 Å². The van der Waals surface area contributed by atoms with E-state index in [9.17, 15) is 0 Å². The highest BCUT2D eigenvalue weighted by molar-refractivity contribution is 6.30. The lowest BCUT2D eigenvalue weighted by atomic mass is 9.94. The monoisotopic (exact) mass is 246 g/mol. The Kier molecular flexibility index (Phi) is 3.46. The molecule has 2 N–H and O–H groups in total. The Labute approximate surface area is 106 Å². The van der Waals surface area contributed by atoms with Crippen LogP contribution >= 0.6 is 11.6 Å². The van der Waals surface area contributed by atoms with Gasteiger partial charge in [0.1, 0.15) is 0 Å². The van der Waals surface area contributed by atoms with Crippen molar-refractivity contribution in [2.24, 2.45) is 5.73 Å². The third-order valence-electron chi connectivity index (χ3n) is 2.99. The van der Waals surface area contributed by atoms with Gasteiger partial charge in [0.2, 0.25) is 0 Å². The molecule has 1 atom stereocenters. The van der Waals surface area contributed by atoms with Gasteiger partial charge >= 0.3 is 0 Å². The molecule has 0 bridgehead atoms. The third-order valence-corrected chi connectivity index (χ3v) is 3.23. The Morgan fingerprint density at radius 1 is 1.12 bits per heavy atom. The summed E-state index contributed by atoms with van der Waals surface area (Å²) in [5.74, 6) is 0. The number of halogens is 1. The Morgan fingerprint density at radius 2 is 1.82 bits per heavy atom. The van der Waals surface area contributed by atoms with E-state index in [1.165, 1.54) is 0 Å². The van der Waals surface area contributed by atoms with Crippen LogP contribution in [0.15, 0.2) is 36.7 Å². The van der Waals surface area contributed by atoms with Crippen molar-refractivity contribution in [3.63, 3.8) is 0 Å². The minimum absolute atomic E-state index is 0.178. The molecule has 0 saturated heterocycles. The van der Waals surface area contributed by atoms with Gasteiger partial charge in [-0.2, -0.15) is 0 Å². The number of nitrogens with two attached hydrogens (primary N) is 1. The topological polar surface area (TPSA) is 38.9 Å². The molecule has 0 radical (unpaired) electrons. The first-order valence-corrected chi connectivity index (χ1v) is 5.89. The molecule has 0 aliphatic heterocycles. The van der Waals surface area contributed by atoms with Gasteiger partial charge in [-0.3, -0.25) is 4.98 Å². The minimum atomic E-state index is -0.178. The normalized spacial score (nSPS) is 12.5. The van der Waals surface area contributed by atoms with Crippen LogP contribution in [0.25, 0.3) is 0 Å². The standard InChI is InChI=1S/C14H15ClN2/c1-9-3-4-11(15)7-12(9)14(16)13-8-17-6-5-10(13)2/h3-8,14H,16H2,1-2H3. The first-order chi connectivity index (χ1) is 8.09. The van der Waals surface area contributed by atoms with Crippen LogP contribution in [0.5, 0.6) is 0 Å². The first kappa shape index (κ1) is 12.1. The number of rotatable bonds is 2. The first-order valence-electron chi connectivity index (χ1n) is 5.51. The fourth-order valence-corrected chi connectivity index (χ4v) is 2.10. The van der Waals surface area contributed by atoms with Gasteiger partial charge in [-0.15, -0.1) is 0 Å². The molecular formula is C14H15ClN2. The maximum Gasteiger partial charge on any atom is 0.0572 e. The molecule has 0 aliphatic rings. The summed E-state index contributed by atoms with van der Waals surface area (Å²) in [6.45, 7) is 4.08. The smallest absolute Gasteiger partial charge is 0.0572 e. The summed E-state index contributed by atoms with van der Waals surface area (Å²) in [5.41, 5.74) is 10.7. The van der Waals surface area contributed by atoms with Gasteiger partial charge < -0.3 is 5.73 Å². The maximum atomic E-state index is 6.29. The fraction of sp³-hybridized carbons (Fsp3) is 0.214.